The molecule has 0 radical (unpaired) electrons. The topological polar surface area (TPSA) is 83.5 Å². The van der Waals surface area contributed by atoms with Crippen LogP contribution in [-0.4, -0.2) is 40.1 Å². The summed E-state index contributed by atoms with van der Waals surface area (Å²) in [6.45, 7) is 1.11. The summed E-state index contributed by atoms with van der Waals surface area (Å²) < 4.78 is 39.2. The number of amides is 1. The minimum absolute atomic E-state index is 0.0866. The lowest BCUT2D eigenvalue weighted by molar-refractivity contribution is -0.178. The van der Waals surface area contributed by atoms with E-state index in [0.717, 1.165) is 6.92 Å². The van der Waals surface area contributed by atoms with Crippen LogP contribution in [0.25, 0.3) is 0 Å². The van der Waals surface area contributed by atoms with Gasteiger partial charge in [-0.05, 0) is 12.0 Å². The molecule has 1 amide bonds. The highest BCUT2D eigenvalue weighted by atomic mass is 32.2. The third kappa shape index (κ3) is 8.06. The van der Waals surface area contributed by atoms with Crippen LogP contribution in [-0.2, 0) is 20.8 Å². The summed E-state index contributed by atoms with van der Waals surface area (Å²) in [4.78, 5) is 33.9. The second-order valence-corrected chi connectivity index (χ2v) is 6.59. The Labute approximate surface area is 147 Å². The molecule has 0 aromatic heterocycles. The first-order chi connectivity index (χ1) is 11.6. The highest BCUT2D eigenvalue weighted by molar-refractivity contribution is 8.13. The maximum Gasteiger partial charge on any atom is 0.401 e. The lowest BCUT2D eigenvalue weighted by atomic mass is 10.0. The van der Waals surface area contributed by atoms with E-state index in [0.29, 0.717) is 17.3 Å². The van der Waals surface area contributed by atoms with E-state index in [-0.39, 0.29) is 6.42 Å². The van der Waals surface area contributed by atoms with E-state index < -0.39 is 47.3 Å². The SMILES string of the molecule is CC(=O)SC[C@H](C(=O)N[C@H](CC(=O)O)Cc1ccccc1)C(F)(F)F. The van der Waals surface area contributed by atoms with E-state index in [9.17, 15) is 27.6 Å². The van der Waals surface area contributed by atoms with Crippen molar-refractivity contribution in [3.8, 4) is 0 Å². The molecule has 0 aliphatic heterocycles. The Balaban J connectivity index is 2.86. The molecule has 0 bridgehead atoms. The van der Waals surface area contributed by atoms with Gasteiger partial charge in [-0.25, -0.2) is 0 Å². The zero-order valence-corrected chi connectivity index (χ0v) is 14.2. The Morgan fingerprint density at radius 1 is 1.20 bits per heavy atom. The summed E-state index contributed by atoms with van der Waals surface area (Å²) in [5.74, 6) is -5.68. The van der Waals surface area contributed by atoms with Gasteiger partial charge in [0.1, 0.15) is 5.92 Å². The van der Waals surface area contributed by atoms with Crippen LogP contribution in [0.1, 0.15) is 18.9 Å². The van der Waals surface area contributed by atoms with Crippen molar-refractivity contribution in [3.05, 3.63) is 35.9 Å². The van der Waals surface area contributed by atoms with Crippen molar-refractivity contribution in [2.45, 2.75) is 32.0 Å². The third-order valence-corrected chi connectivity index (χ3v) is 4.16. The number of carboxylic acid groups (broad SMARTS) is 1. The Bertz CT molecular complexity index is 607. The van der Waals surface area contributed by atoms with E-state index in [1.165, 1.54) is 0 Å². The average molecular weight is 377 g/mol. The first kappa shape index (κ1) is 21.0. The van der Waals surface area contributed by atoms with Gasteiger partial charge in [0.15, 0.2) is 5.12 Å². The van der Waals surface area contributed by atoms with Crippen LogP contribution in [0.15, 0.2) is 30.3 Å². The first-order valence-corrected chi connectivity index (χ1v) is 8.34. The van der Waals surface area contributed by atoms with Gasteiger partial charge in [-0.1, -0.05) is 42.1 Å². The molecule has 0 heterocycles. The minimum atomic E-state index is -4.83. The Morgan fingerprint density at radius 2 is 1.80 bits per heavy atom. The number of nitrogens with one attached hydrogen (secondary N) is 1. The van der Waals surface area contributed by atoms with Crippen LogP contribution in [0.2, 0.25) is 0 Å². The molecule has 2 atom stereocenters. The Morgan fingerprint density at radius 3 is 2.28 bits per heavy atom. The molecule has 0 unspecified atom stereocenters. The van der Waals surface area contributed by atoms with Crippen molar-refractivity contribution in [3.63, 3.8) is 0 Å². The molecular formula is C16H18F3NO4S. The minimum Gasteiger partial charge on any atom is -0.481 e. The highest BCUT2D eigenvalue weighted by Gasteiger charge is 2.45. The van der Waals surface area contributed by atoms with Crippen molar-refractivity contribution in [1.29, 1.82) is 0 Å². The van der Waals surface area contributed by atoms with E-state index in [4.69, 9.17) is 5.11 Å². The fourth-order valence-corrected chi connectivity index (χ4v) is 2.85. The van der Waals surface area contributed by atoms with Gasteiger partial charge in [0.05, 0.1) is 6.42 Å². The van der Waals surface area contributed by atoms with Gasteiger partial charge >= 0.3 is 12.1 Å². The maximum atomic E-state index is 13.1. The number of rotatable bonds is 8. The van der Waals surface area contributed by atoms with Gasteiger partial charge in [0.2, 0.25) is 5.91 Å². The normalized spacial score (nSPS) is 13.8. The van der Waals surface area contributed by atoms with Crippen LogP contribution >= 0.6 is 11.8 Å². The zero-order valence-electron chi connectivity index (χ0n) is 13.4. The number of carboxylic acids is 1. The Kier molecular flexibility index (Phi) is 7.95. The number of thioether (sulfide) groups is 1. The molecule has 0 spiro atoms. The van der Waals surface area contributed by atoms with E-state index in [1.54, 1.807) is 30.3 Å². The van der Waals surface area contributed by atoms with Crippen molar-refractivity contribution < 1.29 is 32.7 Å². The summed E-state index contributed by atoms with van der Waals surface area (Å²) in [5, 5.41) is 10.6. The van der Waals surface area contributed by atoms with Crippen LogP contribution in [0.4, 0.5) is 13.2 Å². The second-order valence-electron chi connectivity index (χ2n) is 5.39. The highest BCUT2D eigenvalue weighted by Crippen LogP contribution is 2.29. The molecule has 9 heteroatoms. The van der Waals surface area contributed by atoms with Crippen molar-refractivity contribution in [1.82, 2.24) is 5.32 Å². The van der Waals surface area contributed by atoms with E-state index in [2.05, 4.69) is 5.32 Å². The molecule has 1 aromatic rings. The average Bonchev–Trinajstić information content (AvgIpc) is 2.45. The number of aliphatic carboxylic acids is 1. The Hall–Kier alpha value is -2.03. The lowest BCUT2D eigenvalue weighted by Crippen LogP contribution is -2.46. The number of carbonyl (C=O) groups is 3. The van der Waals surface area contributed by atoms with Crippen LogP contribution in [0.3, 0.4) is 0 Å². The van der Waals surface area contributed by atoms with Crippen LogP contribution < -0.4 is 5.32 Å². The predicted octanol–water partition coefficient (Wildman–Crippen LogP) is 2.65. The summed E-state index contributed by atoms with van der Waals surface area (Å²) in [6, 6.07) is 7.54. The fraction of sp³-hybridized carbons (Fsp3) is 0.438. The first-order valence-electron chi connectivity index (χ1n) is 7.35. The molecule has 2 N–H and O–H groups in total. The number of hydrogen-bond acceptors (Lipinski definition) is 4. The van der Waals surface area contributed by atoms with Gasteiger partial charge in [-0.2, -0.15) is 13.2 Å². The predicted molar refractivity (Wildman–Crippen MR) is 87.0 cm³/mol. The molecule has 0 saturated heterocycles. The smallest absolute Gasteiger partial charge is 0.401 e. The molecule has 5 nitrogen and oxygen atoms in total. The van der Waals surface area contributed by atoms with Gasteiger partial charge < -0.3 is 10.4 Å². The summed E-state index contributed by atoms with van der Waals surface area (Å²) in [6.07, 6.45) is -5.25. The molecule has 1 rings (SSSR count). The summed E-state index contributed by atoms with van der Waals surface area (Å²) in [7, 11) is 0. The molecular weight excluding hydrogens is 359 g/mol. The number of halogens is 3. The van der Waals surface area contributed by atoms with Crippen LogP contribution in [0, 0.1) is 5.92 Å². The molecule has 1 aromatic carbocycles. The number of alkyl halides is 3. The monoisotopic (exact) mass is 377 g/mol. The molecule has 25 heavy (non-hydrogen) atoms. The van der Waals surface area contributed by atoms with Crippen molar-refractivity contribution >= 4 is 28.8 Å². The lowest BCUT2D eigenvalue weighted by Gasteiger charge is -2.23. The van der Waals surface area contributed by atoms with Crippen LogP contribution in [0.5, 0.6) is 0 Å². The van der Waals surface area contributed by atoms with E-state index >= 15 is 0 Å². The van der Waals surface area contributed by atoms with Gasteiger partial charge in [-0.15, -0.1) is 0 Å². The fourth-order valence-electron chi connectivity index (χ4n) is 2.10. The standard InChI is InChI=1S/C16H18F3NO4S/c1-10(21)25-9-13(16(17,18)19)15(24)20-12(8-14(22)23)7-11-5-3-2-4-6-11/h2-6,12-13H,7-9H2,1H3,(H,20,24)(H,22,23)/t12-,13+/m0/s1. The molecule has 0 saturated carbocycles. The van der Waals surface area contributed by atoms with Crippen molar-refractivity contribution in [2.75, 3.05) is 5.75 Å². The third-order valence-electron chi connectivity index (χ3n) is 3.26. The number of hydrogen-bond donors (Lipinski definition) is 2. The zero-order chi connectivity index (χ0) is 19.0. The number of benzene rings is 1. The van der Waals surface area contributed by atoms with Gasteiger partial charge in [-0.3, -0.25) is 14.4 Å². The summed E-state index contributed by atoms with van der Waals surface area (Å²) in [5.41, 5.74) is 0.690. The second kappa shape index (κ2) is 9.45. The molecule has 138 valence electrons. The summed E-state index contributed by atoms with van der Waals surface area (Å²) >= 11 is 0.403. The van der Waals surface area contributed by atoms with Gasteiger partial charge in [0, 0.05) is 18.7 Å². The van der Waals surface area contributed by atoms with Crippen molar-refractivity contribution in [2.24, 2.45) is 5.92 Å². The largest absolute Gasteiger partial charge is 0.481 e. The molecule has 0 aliphatic carbocycles. The maximum absolute atomic E-state index is 13.1. The molecule has 0 fully saturated rings. The van der Waals surface area contributed by atoms with E-state index in [1.807, 2.05) is 0 Å². The molecule has 0 aliphatic rings. The quantitative estimate of drug-likeness (QED) is 0.728. The van der Waals surface area contributed by atoms with Gasteiger partial charge in [0.25, 0.3) is 0 Å². The number of carbonyl (C=O) groups excluding carboxylic acids is 2.